The van der Waals surface area contributed by atoms with Crippen molar-refractivity contribution in [3.63, 3.8) is 0 Å². The van der Waals surface area contributed by atoms with Gasteiger partial charge in [-0.3, -0.25) is 0 Å². The highest BCUT2D eigenvalue weighted by Gasteiger charge is 2.48. The Kier molecular flexibility index (Phi) is 3.49. The van der Waals surface area contributed by atoms with Gasteiger partial charge in [-0.05, 0) is 30.2 Å². The summed E-state index contributed by atoms with van der Waals surface area (Å²) in [7, 11) is -1.86. The van der Waals surface area contributed by atoms with Gasteiger partial charge in [-0.25, -0.2) is 0 Å². The third kappa shape index (κ3) is 2.44. The highest BCUT2D eigenvalue weighted by Crippen LogP contribution is 2.54. The maximum Gasteiger partial charge on any atom is 0.601 e. The Hall–Kier alpha value is -1.81. The summed E-state index contributed by atoms with van der Waals surface area (Å²) >= 11 is 0. The van der Waals surface area contributed by atoms with Gasteiger partial charge < -0.3 is 0 Å². The minimum absolute atomic E-state index is 0.374. The molecular formula is C17H14F3S+. The van der Waals surface area contributed by atoms with Crippen molar-refractivity contribution in [2.24, 2.45) is 0 Å². The van der Waals surface area contributed by atoms with Crippen molar-refractivity contribution in [2.75, 3.05) is 0 Å². The van der Waals surface area contributed by atoms with Gasteiger partial charge in [0.05, 0.1) is 0 Å². The lowest BCUT2D eigenvalue weighted by molar-refractivity contribution is -0.0864. The predicted molar refractivity (Wildman–Crippen MR) is 82.5 cm³/mol. The van der Waals surface area contributed by atoms with Gasteiger partial charge in [-0.15, -0.1) is 13.2 Å². The summed E-state index contributed by atoms with van der Waals surface area (Å²) in [4.78, 5) is 0.374. The van der Waals surface area contributed by atoms with Gasteiger partial charge in [0.1, 0.15) is 10.5 Å². The second kappa shape index (κ2) is 5.19. The largest absolute Gasteiger partial charge is 0.601 e. The number of fused-ring (bicyclic) bond motifs is 1. The van der Waals surface area contributed by atoms with Crippen LogP contribution in [-0.2, 0) is 11.9 Å². The molecule has 108 valence electrons. The van der Waals surface area contributed by atoms with Crippen molar-refractivity contribution in [2.45, 2.75) is 18.9 Å². The SMILES string of the molecule is CCc1cccc2c1cc(-c1ccccc1)[s+]2C(F)(F)F. The van der Waals surface area contributed by atoms with E-state index in [1.54, 1.807) is 42.5 Å². The number of thiophene rings is 1. The van der Waals surface area contributed by atoms with Gasteiger partial charge in [0.2, 0.25) is 0 Å². The summed E-state index contributed by atoms with van der Waals surface area (Å²) in [5.41, 5.74) is -2.63. The zero-order chi connectivity index (χ0) is 15.0. The van der Waals surface area contributed by atoms with Crippen molar-refractivity contribution in [3.05, 3.63) is 60.2 Å². The number of benzene rings is 2. The Morgan fingerprint density at radius 2 is 1.67 bits per heavy atom. The zero-order valence-electron chi connectivity index (χ0n) is 11.4. The average Bonchev–Trinajstić information content (AvgIpc) is 2.87. The minimum Gasteiger partial charge on any atom is -0.118 e. The van der Waals surface area contributed by atoms with Crippen molar-refractivity contribution in [3.8, 4) is 10.4 Å². The average molecular weight is 307 g/mol. The Morgan fingerprint density at radius 1 is 0.952 bits per heavy atom. The maximum absolute atomic E-state index is 13.6. The number of halogens is 3. The standard InChI is InChI=1S/C17H14F3S/c1-2-12-9-6-10-15-14(12)11-16(21(15)17(18,19)20)13-7-4-3-5-8-13/h3-11H,2H2,1H3/q+1. The molecule has 2 aromatic carbocycles. The summed E-state index contributed by atoms with van der Waals surface area (Å²) in [6.45, 7) is 1.97. The van der Waals surface area contributed by atoms with Crippen molar-refractivity contribution in [1.29, 1.82) is 0 Å². The minimum atomic E-state index is -4.25. The number of alkyl halides is 3. The first-order chi connectivity index (χ1) is 10.0. The van der Waals surface area contributed by atoms with E-state index in [4.69, 9.17) is 0 Å². The van der Waals surface area contributed by atoms with Gasteiger partial charge in [-0.2, -0.15) is 0 Å². The number of aryl methyl sites for hydroxylation is 1. The summed E-state index contributed by atoms with van der Waals surface area (Å²) < 4.78 is 41.2. The summed E-state index contributed by atoms with van der Waals surface area (Å²) in [6.07, 6.45) is 0.733. The fourth-order valence-corrected chi connectivity index (χ4v) is 4.57. The molecule has 0 saturated heterocycles. The molecule has 0 N–H and O–H groups in total. The first-order valence-corrected chi connectivity index (χ1v) is 7.95. The molecule has 1 heterocycles. The predicted octanol–water partition coefficient (Wildman–Crippen LogP) is 6.29. The molecule has 0 radical (unpaired) electrons. The molecule has 0 aliphatic rings. The van der Waals surface area contributed by atoms with E-state index in [-0.39, 0.29) is 0 Å². The van der Waals surface area contributed by atoms with E-state index in [1.165, 1.54) is 0 Å². The normalized spacial score (nSPS) is 12.9. The van der Waals surface area contributed by atoms with Gasteiger partial charge >= 0.3 is 5.51 Å². The second-order valence-electron chi connectivity index (χ2n) is 4.81. The fraction of sp³-hybridized carbons (Fsp3) is 0.176. The third-order valence-corrected chi connectivity index (χ3v) is 5.59. The van der Waals surface area contributed by atoms with Crippen LogP contribution in [0.1, 0.15) is 12.5 Å². The molecule has 4 heteroatoms. The van der Waals surface area contributed by atoms with Crippen LogP contribution in [0.4, 0.5) is 13.2 Å². The van der Waals surface area contributed by atoms with Crippen LogP contribution in [0, 0.1) is 0 Å². The number of hydrogen-bond donors (Lipinski definition) is 0. The van der Waals surface area contributed by atoms with Crippen LogP contribution in [0.3, 0.4) is 0 Å². The van der Waals surface area contributed by atoms with E-state index in [9.17, 15) is 13.2 Å². The Bertz CT molecular complexity index is 770. The lowest BCUT2D eigenvalue weighted by atomic mass is 10.1. The van der Waals surface area contributed by atoms with Crippen LogP contribution in [0.2, 0.25) is 0 Å². The van der Waals surface area contributed by atoms with Crippen LogP contribution >= 0.6 is 10.5 Å². The lowest BCUT2D eigenvalue weighted by Crippen LogP contribution is -1.96. The molecule has 1 unspecified atom stereocenters. The van der Waals surface area contributed by atoms with Crippen molar-refractivity contribution >= 4 is 20.6 Å². The lowest BCUT2D eigenvalue weighted by Gasteiger charge is -2.00. The fourth-order valence-electron chi connectivity index (χ4n) is 2.60. The monoisotopic (exact) mass is 307 g/mol. The molecule has 3 aromatic rings. The summed E-state index contributed by atoms with van der Waals surface area (Å²) in [5, 5.41) is 0.750. The van der Waals surface area contributed by atoms with Gasteiger partial charge in [0.25, 0.3) is 0 Å². The van der Waals surface area contributed by atoms with Crippen LogP contribution in [-0.4, -0.2) is 0 Å². The molecule has 0 fully saturated rings. The zero-order valence-corrected chi connectivity index (χ0v) is 12.3. The van der Waals surface area contributed by atoms with E-state index in [0.717, 1.165) is 17.4 Å². The molecule has 0 nitrogen and oxygen atoms in total. The van der Waals surface area contributed by atoms with Crippen molar-refractivity contribution < 1.29 is 13.2 Å². The number of hydrogen-bond acceptors (Lipinski definition) is 0. The molecule has 21 heavy (non-hydrogen) atoms. The second-order valence-corrected chi connectivity index (χ2v) is 6.76. The summed E-state index contributed by atoms with van der Waals surface area (Å²) in [5.74, 6) is 0. The van der Waals surface area contributed by atoms with E-state index < -0.39 is 16.0 Å². The van der Waals surface area contributed by atoms with E-state index in [0.29, 0.717) is 15.1 Å². The molecular weight excluding hydrogens is 293 g/mol. The summed E-state index contributed by atoms with van der Waals surface area (Å²) in [6, 6.07) is 15.8. The van der Waals surface area contributed by atoms with Gasteiger partial charge in [-0.1, -0.05) is 37.3 Å². The number of rotatable bonds is 2. The quantitative estimate of drug-likeness (QED) is 0.488. The van der Waals surface area contributed by atoms with Gasteiger partial charge in [0, 0.05) is 17.0 Å². The van der Waals surface area contributed by atoms with E-state index >= 15 is 0 Å². The molecule has 1 atom stereocenters. The Labute approximate surface area is 123 Å². The molecule has 0 amide bonds. The molecule has 1 aromatic heterocycles. The van der Waals surface area contributed by atoms with Gasteiger partial charge in [0.15, 0.2) is 9.58 Å². The highest BCUT2D eigenvalue weighted by atomic mass is 32.2. The Balaban J connectivity index is 2.39. The van der Waals surface area contributed by atoms with Crippen LogP contribution in [0.5, 0.6) is 0 Å². The maximum atomic E-state index is 13.6. The third-order valence-electron chi connectivity index (χ3n) is 3.54. The molecule has 0 spiro atoms. The van der Waals surface area contributed by atoms with Crippen molar-refractivity contribution in [1.82, 2.24) is 0 Å². The molecule has 0 aliphatic heterocycles. The highest BCUT2D eigenvalue weighted by molar-refractivity contribution is 7.41. The van der Waals surface area contributed by atoms with Crippen LogP contribution in [0.15, 0.2) is 54.6 Å². The first kappa shape index (κ1) is 14.1. The molecule has 0 saturated carbocycles. The van der Waals surface area contributed by atoms with E-state index in [1.807, 2.05) is 19.1 Å². The topological polar surface area (TPSA) is 0 Å². The van der Waals surface area contributed by atoms with Crippen LogP contribution < -0.4 is 0 Å². The Morgan fingerprint density at radius 3 is 2.29 bits per heavy atom. The molecule has 3 rings (SSSR count). The van der Waals surface area contributed by atoms with E-state index in [2.05, 4.69) is 0 Å². The molecule has 0 bridgehead atoms. The first-order valence-electron chi connectivity index (χ1n) is 6.72. The smallest absolute Gasteiger partial charge is 0.118 e. The molecule has 0 aliphatic carbocycles. The van der Waals surface area contributed by atoms with Crippen LogP contribution in [0.25, 0.3) is 20.5 Å².